The number of aliphatic carboxylic acids is 1. The molecular weight excluding hydrogens is 479 g/mol. The zero-order valence-electron chi connectivity index (χ0n) is 18.6. The number of benzene rings is 2. The summed E-state index contributed by atoms with van der Waals surface area (Å²) in [5.74, 6) is -1.76. The number of amides is 2. The lowest BCUT2D eigenvalue weighted by Gasteiger charge is -2.18. The van der Waals surface area contributed by atoms with Gasteiger partial charge >= 0.3 is 12.1 Å². The minimum atomic E-state index is -1.05. The van der Waals surface area contributed by atoms with Crippen LogP contribution in [0.3, 0.4) is 0 Å². The molecule has 1 heterocycles. The molecule has 11 heteroatoms. The summed E-state index contributed by atoms with van der Waals surface area (Å²) in [5, 5.41) is 18.7. The van der Waals surface area contributed by atoms with Crippen LogP contribution in [-0.4, -0.2) is 47.3 Å². The lowest BCUT2D eigenvalue weighted by molar-refractivity contribution is -0.137. The van der Waals surface area contributed by atoms with Gasteiger partial charge in [0.1, 0.15) is 18.2 Å². The first-order chi connectivity index (χ1) is 16.8. The highest BCUT2D eigenvalue weighted by Gasteiger charge is 2.17. The van der Waals surface area contributed by atoms with E-state index in [1.165, 1.54) is 12.1 Å². The van der Waals surface area contributed by atoms with Gasteiger partial charge in [-0.3, -0.25) is 14.9 Å². The Kier molecular flexibility index (Phi) is 9.33. The fourth-order valence-electron chi connectivity index (χ4n) is 3.24. The zero-order valence-corrected chi connectivity index (χ0v) is 19.3. The smallest absolute Gasteiger partial charge is 0.412 e. The van der Waals surface area contributed by atoms with Crippen molar-refractivity contribution in [1.29, 1.82) is 0 Å². The maximum absolute atomic E-state index is 13.5. The zero-order chi connectivity index (χ0) is 25.2. The van der Waals surface area contributed by atoms with Gasteiger partial charge < -0.3 is 20.5 Å². The molecule has 9 nitrogen and oxygen atoms in total. The number of hydrogen-bond acceptors (Lipinski definition) is 6. The number of anilines is 1. The van der Waals surface area contributed by atoms with E-state index in [-0.39, 0.29) is 37.6 Å². The van der Waals surface area contributed by atoms with E-state index in [0.29, 0.717) is 11.4 Å². The SMILES string of the molecule is O=C(O)CC[C@@H](COC(=O)Nc1cc2ccccc2cn1)NC(=O)CNCc1cccc(F)c1Cl. The summed E-state index contributed by atoms with van der Waals surface area (Å²) in [4.78, 5) is 39.6. The number of pyridine rings is 1. The third-order valence-electron chi connectivity index (χ3n) is 4.98. The Balaban J connectivity index is 1.49. The molecule has 184 valence electrons. The van der Waals surface area contributed by atoms with Crippen molar-refractivity contribution in [3.63, 3.8) is 0 Å². The van der Waals surface area contributed by atoms with Crippen molar-refractivity contribution in [2.45, 2.75) is 25.4 Å². The molecule has 0 bridgehead atoms. The van der Waals surface area contributed by atoms with Crippen LogP contribution in [0, 0.1) is 5.82 Å². The van der Waals surface area contributed by atoms with Gasteiger partial charge in [0.15, 0.2) is 0 Å². The highest BCUT2D eigenvalue weighted by molar-refractivity contribution is 6.31. The van der Waals surface area contributed by atoms with Crippen molar-refractivity contribution < 1.29 is 28.6 Å². The highest BCUT2D eigenvalue weighted by atomic mass is 35.5. The fourth-order valence-corrected chi connectivity index (χ4v) is 3.43. The second kappa shape index (κ2) is 12.6. The number of rotatable bonds is 11. The van der Waals surface area contributed by atoms with Gasteiger partial charge in [-0.15, -0.1) is 0 Å². The summed E-state index contributed by atoms with van der Waals surface area (Å²) in [6.45, 7) is -0.223. The number of fused-ring (bicyclic) bond motifs is 1. The topological polar surface area (TPSA) is 130 Å². The van der Waals surface area contributed by atoms with E-state index < -0.39 is 29.8 Å². The van der Waals surface area contributed by atoms with Crippen LogP contribution < -0.4 is 16.0 Å². The molecular formula is C24H24ClFN4O5. The van der Waals surface area contributed by atoms with Crippen molar-refractivity contribution in [2.24, 2.45) is 0 Å². The van der Waals surface area contributed by atoms with Gasteiger partial charge in [0.05, 0.1) is 17.6 Å². The summed E-state index contributed by atoms with van der Waals surface area (Å²) in [7, 11) is 0. The van der Waals surface area contributed by atoms with Gasteiger partial charge in [0.25, 0.3) is 0 Å². The molecule has 3 aromatic rings. The van der Waals surface area contributed by atoms with Gasteiger partial charge in [-0.1, -0.05) is 48.0 Å². The quantitative estimate of drug-likeness (QED) is 0.314. The molecule has 3 rings (SSSR count). The molecule has 2 aromatic carbocycles. The number of carboxylic acids is 1. The first-order valence-corrected chi connectivity index (χ1v) is 11.1. The Morgan fingerprint density at radius 3 is 2.66 bits per heavy atom. The molecule has 0 aliphatic rings. The Bertz CT molecular complexity index is 1210. The summed E-state index contributed by atoms with van der Waals surface area (Å²) in [6.07, 6.45) is 0.652. The maximum Gasteiger partial charge on any atom is 0.412 e. The maximum atomic E-state index is 13.5. The van der Waals surface area contributed by atoms with Gasteiger partial charge in [-0.05, 0) is 29.5 Å². The molecule has 1 atom stereocenters. The minimum absolute atomic E-state index is 0.0277. The molecule has 4 N–H and O–H groups in total. The van der Waals surface area contributed by atoms with Crippen molar-refractivity contribution >= 4 is 46.2 Å². The molecule has 0 saturated carbocycles. The number of carboxylic acid groups (broad SMARTS) is 1. The molecule has 0 aliphatic heterocycles. The van der Waals surface area contributed by atoms with Gasteiger partial charge in [0, 0.05) is 24.5 Å². The normalized spacial score (nSPS) is 11.6. The van der Waals surface area contributed by atoms with Crippen LogP contribution in [0.5, 0.6) is 0 Å². The number of ether oxygens (including phenoxy) is 1. The van der Waals surface area contributed by atoms with Crippen LogP contribution in [0.25, 0.3) is 10.8 Å². The first-order valence-electron chi connectivity index (χ1n) is 10.7. The lowest BCUT2D eigenvalue weighted by atomic mass is 10.1. The van der Waals surface area contributed by atoms with Gasteiger partial charge in [-0.25, -0.2) is 14.2 Å². The number of carbonyl (C=O) groups is 3. The van der Waals surface area contributed by atoms with E-state index in [1.54, 1.807) is 18.3 Å². The molecule has 0 saturated heterocycles. The standard InChI is InChI=1S/C24H24ClFN4O5/c25-23-17(6-3-7-19(23)26)11-27-13-21(31)29-18(8-9-22(32)33)14-35-24(34)30-20-10-15-4-1-2-5-16(15)12-28-20/h1-7,10,12,18,27H,8-9,11,13-14H2,(H,29,31)(H,32,33)(H,28,30,34)/t18-/m0/s1. The summed E-state index contributed by atoms with van der Waals surface area (Å²) in [5.41, 5.74) is 0.490. The van der Waals surface area contributed by atoms with E-state index >= 15 is 0 Å². The summed E-state index contributed by atoms with van der Waals surface area (Å²) in [6, 6.07) is 12.8. The third-order valence-corrected chi connectivity index (χ3v) is 5.40. The summed E-state index contributed by atoms with van der Waals surface area (Å²) >= 11 is 5.89. The predicted molar refractivity (Wildman–Crippen MR) is 129 cm³/mol. The lowest BCUT2D eigenvalue weighted by Crippen LogP contribution is -2.43. The van der Waals surface area contributed by atoms with Gasteiger partial charge in [0.2, 0.25) is 5.91 Å². The van der Waals surface area contributed by atoms with Crippen LogP contribution in [0.4, 0.5) is 15.0 Å². The van der Waals surface area contributed by atoms with E-state index in [2.05, 4.69) is 20.9 Å². The molecule has 0 radical (unpaired) electrons. The van der Waals surface area contributed by atoms with Crippen molar-refractivity contribution in [3.8, 4) is 0 Å². The second-order valence-electron chi connectivity index (χ2n) is 7.65. The van der Waals surface area contributed by atoms with Crippen molar-refractivity contribution in [2.75, 3.05) is 18.5 Å². The Labute approximate surface area is 205 Å². The minimum Gasteiger partial charge on any atom is -0.481 e. The molecule has 0 spiro atoms. The van der Waals surface area contributed by atoms with E-state index in [0.717, 1.165) is 10.8 Å². The van der Waals surface area contributed by atoms with Gasteiger partial charge in [-0.2, -0.15) is 0 Å². The Morgan fingerprint density at radius 1 is 1.11 bits per heavy atom. The number of aromatic nitrogens is 1. The third kappa shape index (κ3) is 8.20. The average Bonchev–Trinajstić information content (AvgIpc) is 2.83. The molecule has 0 aliphatic carbocycles. The molecule has 1 aromatic heterocycles. The Morgan fingerprint density at radius 2 is 1.89 bits per heavy atom. The fraction of sp³-hybridized carbons (Fsp3) is 0.250. The van der Waals surface area contributed by atoms with Crippen molar-refractivity contribution in [3.05, 3.63) is 71.1 Å². The monoisotopic (exact) mass is 502 g/mol. The number of nitrogens with one attached hydrogen (secondary N) is 3. The van der Waals surface area contributed by atoms with Crippen LogP contribution in [0.1, 0.15) is 18.4 Å². The van der Waals surface area contributed by atoms with E-state index in [4.69, 9.17) is 21.4 Å². The highest BCUT2D eigenvalue weighted by Crippen LogP contribution is 2.19. The first kappa shape index (κ1) is 25.9. The second-order valence-corrected chi connectivity index (χ2v) is 8.03. The van der Waals surface area contributed by atoms with E-state index in [1.807, 2.05) is 24.3 Å². The molecule has 0 fully saturated rings. The number of halogens is 2. The van der Waals surface area contributed by atoms with Crippen LogP contribution in [-0.2, 0) is 20.9 Å². The Hall–Kier alpha value is -3.76. The van der Waals surface area contributed by atoms with Crippen LogP contribution >= 0.6 is 11.6 Å². The van der Waals surface area contributed by atoms with E-state index in [9.17, 15) is 18.8 Å². The number of carbonyl (C=O) groups excluding carboxylic acids is 2. The molecule has 0 unspecified atom stereocenters. The van der Waals surface area contributed by atoms with Crippen LogP contribution in [0.2, 0.25) is 5.02 Å². The average molecular weight is 503 g/mol. The van der Waals surface area contributed by atoms with Crippen molar-refractivity contribution in [1.82, 2.24) is 15.6 Å². The predicted octanol–water partition coefficient (Wildman–Crippen LogP) is 3.72. The molecule has 2 amide bonds. The number of nitrogens with zero attached hydrogens (tertiary/aromatic N) is 1. The molecule has 35 heavy (non-hydrogen) atoms. The largest absolute Gasteiger partial charge is 0.481 e. The summed E-state index contributed by atoms with van der Waals surface area (Å²) < 4.78 is 18.7. The van der Waals surface area contributed by atoms with Crippen LogP contribution in [0.15, 0.2) is 54.7 Å². The number of hydrogen-bond donors (Lipinski definition) is 4.